The number of ether oxygens (including phenoxy) is 2. The molecule has 0 aliphatic carbocycles. The molecular weight excluding hydrogens is 402 g/mol. The molecule has 0 atom stereocenters. The standard InChI is InChI=1S/C22H17N3O4S/c1-2-8-25-16-12-18-19(28-10-9-27-18)13-20(16)30-22(25)23-21(26)15-11-17(29-24-15)14-6-4-3-5-7-14/h2-7,11-13H,1,8-10H2. The van der Waals surface area contributed by atoms with Gasteiger partial charge in [0.2, 0.25) is 0 Å². The maximum atomic E-state index is 12.8. The van der Waals surface area contributed by atoms with Crippen LogP contribution in [-0.4, -0.2) is 28.8 Å². The Morgan fingerprint density at radius 1 is 1.17 bits per heavy atom. The van der Waals surface area contributed by atoms with E-state index in [0.717, 1.165) is 15.8 Å². The molecular formula is C22H17N3O4S. The fourth-order valence-electron chi connectivity index (χ4n) is 3.26. The van der Waals surface area contributed by atoms with Gasteiger partial charge >= 0.3 is 5.91 Å². The molecule has 0 bridgehead atoms. The topological polar surface area (TPSA) is 78.9 Å². The van der Waals surface area contributed by atoms with E-state index < -0.39 is 5.91 Å². The predicted molar refractivity (Wildman–Crippen MR) is 113 cm³/mol. The number of nitrogens with zero attached hydrogens (tertiary/aromatic N) is 3. The Morgan fingerprint density at radius 2 is 1.93 bits per heavy atom. The van der Waals surface area contributed by atoms with Gasteiger partial charge in [-0.25, -0.2) is 0 Å². The zero-order valence-corrected chi connectivity index (χ0v) is 16.7. The summed E-state index contributed by atoms with van der Waals surface area (Å²) in [6.07, 6.45) is 1.76. The number of amides is 1. The molecule has 0 saturated carbocycles. The van der Waals surface area contributed by atoms with E-state index >= 15 is 0 Å². The Morgan fingerprint density at radius 3 is 2.70 bits per heavy atom. The van der Waals surface area contributed by atoms with Crippen molar-refractivity contribution in [3.8, 4) is 22.8 Å². The van der Waals surface area contributed by atoms with Crippen LogP contribution in [0.25, 0.3) is 21.5 Å². The second-order valence-electron chi connectivity index (χ2n) is 6.61. The van der Waals surface area contributed by atoms with E-state index in [9.17, 15) is 4.79 Å². The van der Waals surface area contributed by atoms with Crippen LogP contribution in [0.4, 0.5) is 0 Å². The minimum Gasteiger partial charge on any atom is -0.486 e. The van der Waals surface area contributed by atoms with Gasteiger partial charge in [0.25, 0.3) is 0 Å². The van der Waals surface area contributed by atoms with Crippen LogP contribution in [0.1, 0.15) is 10.5 Å². The number of rotatable bonds is 4. The van der Waals surface area contributed by atoms with Crippen molar-refractivity contribution in [3.63, 3.8) is 0 Å². The zero-order valence-electron chi connectivity index (χ0n) is 15.9. The first kappa shape index (κ1) is 18.4. The molecule has 0 unspecified atom stereocenters. The molecule has 1 aliphatic heterocycles. The van der Waals surface area contributed by atoms with E-state index in [1.165, 1.54) is 11.3 Å². The van der Waals surface area contributed by atoms with Gasteiger partial charge in [-0.15, -0.1) is 6.58 Å². The van der Waals surface area contributed by atoms with Crippen LogP contribution in [0.15, 0.2) is 70.7 Å². The van der Waals surface area contributed by atoms with Gasteiger partial charge in [0.1, 0.15) is 13.2 Å². The molecule has 7 nitrogen and oxygen atoms in total. The SMILES string of the molecule is C=CCn1c(=NC(=O)c2cc(-c3ccccc3)on2)sc2cc3c(cc21)OCCO3. The van der Waals surface area contributed by atoms with Gasteiger partial charge in [0.15, 0.2) is 27.8 Å². The van der Waals surface area contributed by atoms with Crippen LogP contribution >= 0.6 is 11.3 Å². The van der Waals surface area contributed by atoms with Gasteiger partial charge in [-0.05, 0) is 0 Å². The first-order valence-electron chi connectivity index (χ1n) is 9.38. The lowest BCUT2D eigenvalue weighted by molar-refractivity contribution is 0.0989. The number of hydrogen-bond donors (Lipinski definition) is 0. The number of fused-ring (bicyclic) bond motifs is 2. The molecule has 2 aromatic carbocycles. The summed E-state index contributed by atoms with van der Waals surface area (Å²) in [6.45, 7) is 5.34. The van der Waals surface area contributed by atoms with Crippen molar-refractivity contribution >= 4 is 27.5 Å². The lowest BCUT2D eigenvalue weighted by atomic mass is 10.1. The highest BCUT2D eigenvalue weighted by atomic mass is 32.1. The van der Waals surface area contributed by atoms with Crippen molar-refractivity contribution in [3.05, 3.63) is 71.7 Å². The summed E-state index contributed by atoms with van der Waals surface area (Å²) in [5, 5.41) is 3.90. The van der Waals surface area contributed by atoms with Crippen molar-refractivity contribution in [2.45, 2.75) is 6.54 Å². The third-order valence-electron chi connectivity index (χ3n) is 4.64. The minimum absolute atomic E-state index is 0.155. The number of thiazole rings is 1. The second kappa shape index (κ2) is 7.64. The highest BCUT2D eigenvalue weighted by Gasteiger charge is 2.18. The van der Waals surface area contributed by atoms with E-state index in [2.05, 4.69) is 16.7 Å². The van der Waals surface area contributed by atoms with Gasteiger partial charge in [-0.2, -0.15) is 4.99 Å². The molecule has 0 saturated heterocycles. The van der Waals surface area contributed by atoms with Crippen molar-refractivity contribution < 1.29 is 18.8 Å². The molecule has 0 spiro atoms. The first-order valence-corrected chi connectivity index (χ1v) is 10.2. The monoisotopic (exact) mass is 419 g/mol. The minimum atomic E-state index is -0.470. The summed E-state index contributed by atoms with van der Waals surface area (Å²) in [5.41, 5.74) is 1.90. The lowest BCUT2D eigenvalue weighted by Gasteiger charge is -2.18. The van der Waals surface area contributed by atoms with Crippen LogP contribution in [-0.2, 0) is 6.54 Å². The van der Waals surface area contributed by atoms with E-state index in [4.69, 9.17) is 14.0 Å². The summed E-state index contributed by atoms with van der Waals surface area (Å²) in [5.74, 6) is 1.43. The number of hydrogen-bond acceptors (Lipinski definition) is 6. The number of allylic oxidation sites excluding steroid dienone is 1. The number of aromatic nitrogens is 2. The molecule has 1 amide bonds. The molecule has 0 N–H and O–H groups in total. The second-order valence-corrected chi connectivity index (χ2v) is 7.62. The zero-order chi connectivity index (χ0) is 20.5. The molecule has 3 heterocycles. The first-order chi connectivity index (χ1) is 14.7. The summed E-state index contributed by atoms with van der Waals surface area (Å²) in [7, 11) is 0. The molecule has 0 radical (unpaired) electrons. The van der Waals surface area contributed by atoms with Crippen LogP contribution < -0.4 is 14.3 Å². The number of carbonyl (C=O) groups is 1. The van der Waals surface area contributed by atoms with Gasteiger partial charge in [0, 0.05) is 30.3 Å². The summed E-state index contributed by atoms with van der Waals surface area (Å²) in [6, 6.07) is 14.9. The van der Waals surface area contributed by atoms with Crippen LogP contribution in [0.2, 0.25) is 0 Å². The molecule has 1 aliphatic rings. The fraction of sp³-hybridized carbons (Fsp3) is 0.136. The van der Waals surface area contributed by atoms with E-state index in [0.29, 0.717) is 41.8 Å². The van der Waals surface area contributed by atoms with Gasteiger partial charge < -0.3 is 18.6 Å². The van der Waals surface area contributed by atoms with Gasteiger partial charge in [0.05, 0.1) is 10.2 Å². The molecule has 30 heavy (non-hydrogen) atoms. The van der Waals surface area contributed by atoms with Crippen molar-refractivity contribution in [1.82, 2.24) is 9.72 Å². The van der Waals surface area contributed by atoms with Crippen LogP contribution in [0, 0.1) is 0 Å². The average molecular weight is 419 g/mol. The highest BCUT2D eigenvalue weighted by Crippen LogP contribution is 2.35. The molecule has 2 aromatic heterocycles. The Balaban J connectivity index is 1.56. The van der Waals surface area contributed by atoms with Crippen LogP contribution in [0.5, 0.6) is 11.5 Å². The highest BCUT2D eigenvalue weighted by molar-refractivity contribution is 7.16. The smallest absolute Gasteiger partial charge is 0.301 e. The Labute approximate surface area is 175 Å². The fourth-order valence-corrected chi connectivity index (χ4v) is 4.30. The molecule has 0 fully saturated rings. The van der Waals surface area contributed by atoms with E-state index in [1.807, 2.05) is 47.0 Å². The Hall–Kier alpha value is -3.65. The molecule has 5 rings (SSSR count). The third kappa shape index (κ3) is 3.31. The Bertz CT molecular complexity index is 1320. The molecule has 4 aromatic rings. The third-order valence-corrected chi connectivity index (χ3v) is 5.68. The van der Waals surface area contributed by atoms with E-state index in [1.54, 1.807) is 12.1 Å². The van der Waals surface area contributed by atoms with Gasteiger partial charge in [-0.3, -0.25) is 4.79 Å². The van der Waals surface area contributed by atoms with Crippen molar-refractivity contribution in [1.29, 1.82) is 0 Å². The average Bonchev–Trinajstić information content (AvgIpc) is 3.39. The summed E-state index contributed by atoms with van der Waals surface area (Å²) in [4.78, 5) is 17.6. The van der Waals surface area contributed by atoms with Crippen molar-refractivity contribution in [2.75, 3.05) is 13.2 Å². The van der Waals surface area contributed by atoms with E-state index in [-0.39, 0.29) is 5.69 Å². The predicted octanol–water partition coefficient (Wildman–Crippen LogP) is 4.06. The lowest BCUT2D eigenvalue weighted by Crippen LogP contribution is -2.17. The van der Waals surface area contributed by atoms with Crippen molar-refractivity contribution in [2.24, 2.45) is 4.99 Å². The maximum absolute atomic E-state index is 12.8. The normalized spacial score (nSPS) is 13.5. The van der Waals surface area contributed by atoms with Crippen LogP contribution in [0.3, 0.4) is 0 Å². The molecule has 150 valence electrons. The maximum Gasteiger partial charge on any atom is 0.301 e. The number of benzene rings is 2. The number of carbonyl (C=O) groups excluding carboxylic acids is 1. The molecule has 8 heteroatoms. The summed E-state index contributed by atoms with van der Waals surface area (Å²) >= 11 is 1.40. The Kier molecular flexibility index (Phi) is 4.68. The summed E-state index contributed by atoms with van der Waals surface area (Å²) < 4.78 is 19.5. The largest absolute Gasteiger partial charge is 0.486 e. The quantitative estimate of drug-likeness (QED) is 0.466. The van der Waals surface area contributed by atoms with Gasteiger partial charge in [-0.1, -0.05) is 52.9 Å².